The highest BCUT2D eigenvalue weighted by atomic mass is 32.2. The zero-order valence-corrected chi connectivity index (χ0v) is 11.3. The Labute approximate surface area is 112 Å². The molecule has 0 atom stereocenters. The van der Waals surface area contributed by atoms with E-state index in [9.17, 15) is 0 Å². The number of imidazole rings is 1. The molecule has 94 valence electrons. The van der Waals surface area contributed by atoms with Crippen LogP contribution in [0.3, 0.4) is 0 Å². The van der Waals surface area contributed by atoms with E-state index in [0.29, 0.717) is 0 Å². The second-order valence-electron chi connectivity index (χ2n) is 4.87. The highest BCUT2D eigenvalue weighted by molar-refractivity contribution is 8.00. The van der Waals surface area contributed by atoms with Gasteiger partial charge in [0.25, 0.3) is 0 Å². The third-order valence-electron chi connectivity index (χ3n) is 3.19. The molecule has 1 aromatic heterocycles. The van der Waals surface area contributed by atoms with Crippen molar-refractivity contribution in [1.29, 1.82) is 0 Å². The average molecular weight is 258 g/mol. The molecule has 0 radical (unpaired) electrons. The van der Waals surface area contributed by atoms with E-state index in [2.05, 4.69) is 33.8 Å². The molecular weight excluding hydrogens is 240 g/mol. The molecular formula is C15H18N2S. The number of hydrogen-bond acceptors (Lipinski definition) is 2. The van der Waals surface area contributed by atoms with Crippen molar-refractivity contribution in [2.45, 2.75) is 42.4 Å². The molecule has 1 heterocycles. The minimum atomic E-state index is 0.900. The van der Waals surface area contributed by atoms with Crippen LogP contribution in [0.2, 0.25) is 0 Å². The summed E-state index contributed by atoms with van der Waals surface area (Å²) in [6, 6.07) is 9.10. The van der Waals surface area contributed by atoms with E-state index < -0.39 is 0 Å². The van der Waals surface area contributed by atoms with Crippen LogP contribution in [0.25, 0.3) is 0 Å². The molecule has 2 aromatic rings. The first-order chi connectivity index (χ1) is 8.90. The fourth-order valence-corrected chi connectivity index (χ4v) is 3.05. The molecule has 0 N–H and O–H groups in total. The molecule has 1 aliphatic rings. The molecule has 0 saturated heterocycles. The number of aromatic nitrogens is 2. The molecule has 3 rings (SSSR count). The Morgan fingerprint density at radius 2 is 2.06 bits per heavy atom. The molecule has 1 saturated carbocycles. The van der Waals surface area contributed by atoms with Crippen LogP contribution in [0.5, 0.6) is 0 Å². The highest BCUT2D eigenvalue weighted by Crippen LogP contribution is 2.38. The van der Waals surface area contributed by atoms with Gasteiger partial charge in [0.15, 0.2) is 0 Å². The minimum Gasteiger partial charge on any atom is -0.337 e. The number of benzene rings is 1. The third kappa shape index (κ3) is 3.39. The molecule has 0 bridgehead atoms. The van der Waals surface area contributed by atoms with Crippen LogP contribution in [0, 0.1) is 0 Å². The molecule has 0 aliphatic heterocycles. The first-order valence-corrected chi connectivity index (χ1v) is 7.49. The van der Waals surface area contributed by atoms with Crippen LogP contribution in [0.1, 0.15) is 24.8 Å². The predicted octanol–water partition coefficient (Wildman–Crippen LogP) is 3.77. The van der Waals surface area contributed by atoms with Crippen molar-refractivity contribution in [2.24, 2.45) is 0 Å². The topological polar surface area (TPSA) is 17.8 Å². The van der Waals surface area contributed by atoms with Gasteiger partial charge in [0.05, 0.1) is 6.33 Å². The van der Waals surface area contributed by atoms with Gasteiger partial charge in [-0.2, -0.15) is 0 Å². The summed E-state index contributed by atoms with van der Waals surface area (Å²) in [6.07, 6.45) is 10.9. The summed E-state index contributed by atoms with van der Waals surface area (Å²) < 4.78 is 2.14. The van der Waals surface area contributed by atoms with E-state index in [1.54, 1.807) is 0 Å². The lowest BCUT2D eigenvalue weighted by Crippen LogP contribution is -1.96. The molecule has 0 amide bonds. The van der Waals surface area contributed by atoms with Gasteiger partial charge in [-0.1, -0.05) is 12.1 Å². The van der Waals surface area contributed by atoms with Crippen LogP contribution >= 0.6 is 11.8 Å². The Morgan fingerprint density at radius 1 is 1.22 bits per heavy atom. The van der Waals surface area contributed by atoms with E-state index in [-0.39, 0.29) is 0 Å². The van der Waals surface area contributed by atoms with Crippen molar-refractivity contribution in [3.63, 3.8) is 0 Å². The van der Waals surface area contributed by atoms with Gasteiger partial charge in [-0.25, -0.2) is 4.98 Å². The normalized spacial score (nSPS) is 14.9. The lowest BCUT2D eigenvalue weighted by atomic mass is 10.1. The summed E-state index contributed by atoms with van der Waals surface area (Å²) >= 11 is 2.03. The first-order valence-electron chi connectivity index (χ1n) is 6.61. The van der Waals surface area contributed by atoms with Crippen LogP contribution in [-0.2, 0) is 13.0 Å². The first kappa shape index (κ1) is 11.8. The SMILES string of the molecule is c1cn(CCCc2ccc(SC3CC3)cc2)cn1. The Hall–Kier alpha value is -1.22. The Bertz CT molecular complexity index is 472. The van der Waals surface area contributed by atoms with Crippen LogP contribution in [0.15, 0.2) is 47.9 Å². The number of hydrogen-bond donors (Lipinski definition) is 0. The molecule has 1 aliphatic carbocycles. The largest absolute Gasteiger partial charge is 0.337 e. The number of nitrogens with zero attached hydrogens (tertiary/aromatic N) is 2. The summed E-state index contributed by atoms with van der Waals surface area (Å²) in [4.78, 5) is 5.48. The van der Waals surface area contributed by atoms with Gasteiger partial charge in [0.2, 0.25) is 0 Å². The summed E-state index contributed by atoms with van der Waals surface area (Å²) in [5, 5.41) is 0.900. The van der Waals surface area contributed by atoms with Gasteiger partial charge in [-0.05, 0) is 43.4 Å². The molecule has 18 heavy (non-hydrogen) atoms. The van der Waals surface area contributed by atoms with E-state index in [1.807, 2.05) is 30.5 Å². The third-order valence-corrected chi connectivity index (χ3v) is 4.54. The lowest BCUT2D eigenvalue weighted by Gasteiger charge is -2.04. The fraction of sp³-hybridized carbons (Fsp3) is 0.400. The Kier molecular flexibility index (Phi) is 3.69. The van der Waals surface area contributed by atoms with E-state index >= 15 is 0 Å². The zero-order valence-electron chi connectivity index (χ0n) is 10.5. The molecule has 1 fully saturated rings. The van der Waals surface area contributed by atoms with Crippen LogP contribution in [-0.4, -0.2) is 14.8 Å². The summed E-state index contributed by atoms with van der Waals surface area (Å²) in [7, 11) is 0. The van der Waals surface area contributed by atoms with Crippen molar-refractivity contribution >= 4 is 11.8 Å². The van der Waals surface area contributed by atoms with Crippen molar-refractivity contribution in [2.75, 3.05) is 0 Å². The molecule has 2 nitrogen and oxygen atoms in total. The van der Waals surface area contributed by atoms with Gasteiger partial charge in [0.1, 0.15) is 0 Å². The zero-order chi connectivity index (χ0) is 12.2. The van der Waals surface area contributed by atoms with Gasteiger partial charge in [-0.3, -0.25) is 0 Å². The minimum absolute atomic E-state index is 0.900. The smallest absolute Gasteiger partial charge is 0.0945 e. The Balaban J connectivity index is 1.47. The number of thioether (sulfide) groups is 1. The summed E-state index contributed by atoms with van der Waals surface area (Å²) in [5.74, 6) is 0. The maximum absolute atomic E-state index is 4.05. The molecule has 3 heteroatoms. The summed E-state index contributed by atoms with van der Waals surface area (Å²) in [6.45, 7) is 1.05. The highest BCUT2D eigenvalue weighted by Gasteiger charge is 2.22. The lowest BCUT2D eigenvalue weighted by molar-refractivity contribution is 0.642. The predicted molar refractivity (Wildman–Crippen MR) is 75.9 cm³/mol. The quantitative estimate of drug-likeness (QED) is 0.785. The van der Waals surface area contributed by atoms with E-state index in [4.69, 9.17) is 0 Å². The van der Waals surface area contributed by atoms with Crippen molar-refractivity contribution in [3.05, 3.63) is 48.5 Å². The molecule has 1 aromatic carbocycles. The molecule has 0 spiro atoms. The number of rotatable bonds is 6. The van der Waals surface area contributed by atoms with Crippen LogP contribution < -0.4 is 0 Å². The van der Waals surface area contributed by atoms with Gasteiger partial charge in [-0.15, -0.1) is 11.8 Å². The monoisotopic (exact) mass is 258 g/mol. The molecule has 0 unspecified atom stereocenters. The van der Waals surface area contributed by atoms with Crippen LogP contribution in [0.4, 0.5) is 0 Å². The summed E-state index contributed by atoms with van der Waals surface area (Å²) in [5.41, 5.74) is 1.44. The average Bonchev–Trinajstić information content (AvgIpc) is 3.05. The number of aryl methyl sites for hydroxylation is 2. The second-order valence-corrected chi connectivity index (χ2v) is 6.24. The van der Waals surface area contributed by atoms with Gasteiger partial charge in [0, 0.05) is 29.1 Å². The van der Waals surface area contributed by atoms with E-state index in [0.717, 1.165) is 18.2 Å². The maximum Gasteiger partial charge on any atom is 0.0945 e. The van der Waals surface area contributed by atoms with Gasteiger partial charge >= 0.3 is 0 Å². The van der Waals surface area contributed by atoms with E-state index in [1.165, 1.54) is 29.7 Å². The fourth-order valence-electron chi connectivity index (χ4n) is 2.00. The maximum atomic E-state index is 4.05. The van der Waals surface area contributed by atoms with Crippen molar-refractivity contribution in [1.82, 2.24) is 9.55 Å². The van der Waals surface area contributed by atoms with Crippen molar-refractivity contribution < 1.29 is 0 Å². The van der Waals surface area contributed by atoms with Gasteiger partial charge < -0.3 is 4.57 Å². The van der Waals surface area contributed by atoms with Crippen molar-refractivity contribution in [3.8, 4) is 0 Å². The standard InChI is InChI=1S/C15H18N2S/c1(10-17-11-9-16-12-17)2-13-3-5-14(6-4-13)18-15-7-8-15/h3-6,9,11-12,15H,1-2,7-8,10H2. The second kappa shape index (κ2) is 5.61. The Morgan fingerprint density at radius 3 is 2.72 bits per heavy atom.